The summed E-state index contributed by atoms with van der Waals surface area (Å²) in [7, 11) is 0. The fraction of sp³-hybridized carbons (Fsp3) is 0.455. The van der Waals surface area contributed by atoms with Crippen LogP contribution in [0.25, 0.3) is 0 Å². The van der Waals surface area contributed by atoms with Gasteiger partial charge in [0.25, 0.3) is 0 Å². The van der Waals surface area contributed by atoms with E-state index in [1.165, 1.54) is 11.1 Å². The third kappa shape index (κ3) is 2.05. The van der Waals surface area contributed by atoms with E-state index < -0.39 is 0 Å². The number of aryl methyl sites for hydroxylation is 1. The molecular formula is C11H16N2O. The van der Waals surface area contributed by atoms with E-state index in [2.05, 4.69) is 23.6 Å². The zero-order valence-electron chi connectivity index (χ0n) is 8.25. The van der Waals surface area contributed by atoms with Crippen LogP contribution in [-0.4, -0.2) is 13.2 Å². The van der Waals surface area contributed by atoms with Crippen molar-refractivity contribution in [3.05, 3.63) is 29.3 Å². The largest absolute Gasteiger partial charge is 0.493 e. The van der Waals surface area contributed by atoms with Gasteiger partial charge in [-0.2, -0.15) is 0 Å². The molecule has 3 N–H and O–H groups in total. The molecule has 0 aromatic heterocycles. The van der Waals surface area contributed by atoms with Gasteiger partial charge < -0.3 is 4.74 Å². The van der Waals surface area contributed by atoms with Crippen molar-refractivity contribution in [2.24, 2.45) is 5.84 Å². The number of rotatable bonds is 4. The number of nitrogens with one attached hydrogen (secondary N) is 1. The summed E-state index contributed by atoms with van der Waals surface area (Å²) in [6.45, 7) is 1.71. The first-order valence-electron chi connectivity index (χ1n) is 5.08. The highest BCUT2D eigenvalue weighted by molar-refractivity contribution is 5.39. The fourth-order valence-corrected chi connectivity index (χ4v) is 1.79. The van der Waals surface area contributed by atoms with Gasteiger partial charge in [0.1, 0.15) is 5.75 Å². The van der Waals surface area contributed by atoms with Crippen LogP contribution in [0.1, 0.15) is 17.5 Å². The summed E-state index contributed by atoms with van der Waals surface area (Å²) in [5, 5.41) is 0. The van der Waals surface area contributed by atoms with Gasteiger partial charge in [-0.1, -0.05) is 12.1 Å². The lowest BCUT2D eigenvalue weighted by molar-refractivity contribution is 0.357. The van der Waals surface area contributed by atoms with Gasteiger partial charge in [-0.15, -0.1) is 0 Å². The summed E-state index contributed by atoms with van der Waals surface area (Å²) in [4.78, 5) is 0. The molecule has 0 bridgehead atoms. The molecule has 3 nitrogen and oxygen atoms in total. The van der Waals surface area contributed by atoms with Gasteiger partial charge in [0, 0.05) is 13.0 Å². The molecule has 0 saturated heterocycles. The van der Waals surface area contributed by atoms with Crippen molar-refractivity contribution in [1.82, 2.24) is 5.43 Å². The Labute approximate surface area is 84.2 Å². The molecule has 76 valence electrons. The van der Waals surface area contributed by atoms with E-state index in [4.69, 9.17) is 10.6 Å². The first kappa shape index (κ1) is 9.49. The van der Waals surface area contributed by atoms with Gasteiger partial charge in [0.15, 0.2) is 0 Å². The summed E-state index contributed by atoms with van der Waals surface area (Å²) in [5.74, 6) is 6.27. The number of ether oxygens (including phenoxy) is 1. The van der Waals surface area contributed by atoms with Gasteiger partial charge in [-0.05, 0) is 30.0 Å². The molecule has 0 radical (unpaired) electrons. The predicted molar refractivity (Wildman–Crippen MR) is 56.2 cm³/mol. The topological polar surface area (TPSA) is 47.3 Å². The van der Waals surface area contributed by atoms with Crippen LogP contribution in [0, 0.1) is 0 Å². The standard InChI is InChI=1S/C11H16N2O/c12-13-6-1-2-9-3-4-11-10(8-9)5-7-14-11/h3-4,8,13H,1-2,5-7,12H2. The normalized spacial score (nSPS) is 13.8. The second-order valence-corrected chi connectivity index (χ2v) is 3.60. The Morgan fingerprint density at radius 2 is 2.36 bits per heavy atom. The van der Waals surface area contributed by atoms with E-state index in [0.29, 0.717) is 0 Å². The molecule has 14 heavy (non-hydrogen) atoms. The van der Waals surface area contributed by atoms with Gasteiger partial charge in [0.2, 0.25) is 0 Å². The Balaban J connectivity index is 1.98. The van der Waals surface area contributed by atoms with Crippen LogP contribution in [0.5, 0.6) is 5.75 Å². The van der Waals surface area contributed by atoms with Crippen molar-refractivity contribution < 1.29 is 4.74 Å². The maximum atomic E-state index is 5.45. The van der Waals surface area contributed by atoms with Gasteiger partial charge in [-0.25, -0.2) is 0 Å². The van der Waals surface area contributed by atoms with Crippen LogP contribution >= 0.6 is 0 Å². The predicted octanol–water partition coefficient (Wildman–Crippen LogP) is 1.02. The minimum Gasteiger partial charge on any atom is -0.493 e. The average Bonchev–Trinajstić information content (AvgIpc) is 2.65. The molecule has 0 aliphatic carbocycles. The van der Waals surface area contributed by atoms with Crippen LogP contribution in [-0.2, 0) is 12.8 Å². The summed E-state index contributed by atoms with van der Waals surface area (Å²) in [6, 6.07) is 6.47. The number of nitrogens with two attached hydrogens (primary N) is 1. The van der Waals surface area contributed by atoms with Crippen molar-refractivity contribution in [1.29, 1.82) is 0 Å². The molecule has 0 spiro atoms. The number of hydrazine groups is 1. The maximum Gasteiger partial charge on any atom is 0.122 e. The first-order valence-corrected chi connectivity index (χ1v) is 5.08. The maximum absolute atomic E-state index is 5.45. The zero-order chi connectivity index (χ0) is 9.80. The van der Waals surface area contributed by atoms with Crippen LogP contribution < -0.4 is 16.0 Å². The minimum atomic E-state index is 0.836. The smallest absolute Gasteiger partial charge is 0.122 e. The second-order valence-electron chi connectivity index (χ2n) is 3.60. The van der Waals surface area contributed by atoms with Crippen LogP contribution in [0.4, 0.5) is 0 Å². The average molecular weight is 192 g/mol. The number of benzene rings is 1. The molecule has 1 aromatic rings. The van der Waals surface area contributed by atoms with Crippen molar-refractivity contribution >= 4 is 0 Å². The molecule has 1 aliphatic heterocycles. The monoisotopic (exact) mass is 192 g/mol. The lowest BCUT2D eigenvalue weighted by Crippen LogP contribution is -2.23. The number of fused-ring (bicyclic) bond motifs is 1. The molecule has 1 aliphatic rings. The Morgan fingerprint density at radius 3 is 3.21 bits per heavy atom. The Bertz CT molecular complexity index is 312. The van der Waals surface area contributed by atoms with Crippen LogP contribution in [0.15, 0.2) is 18.2 Å². The molecule has 3 heteroatoms. The van der Waals surface area contributed by atoms with E-state index >= 15 is 0 Å². The quantitative estimate of drug-likeness (QED) is 0.425. The molecule has 0 atom stereocenters. The molecule has 1 heterocycles. The molecule has 0 amide bonds. The summed E-state index contributed by atoms with van der Waals surface area (Å²) < 4.78 is 5.45. The third-order valence-electron chi connectivity index (χ3n) is 2.54. The highest BCUT2D eigenvalue weighted by Crippen LogP contribution is 2.26. The molecule has 2 rings (SSSR count). The molecule has 1 aromatic carbocycles. The highest BCUT2D eigenvalue weighted by Gasteiger charge is 2.11. The van der Waals surface area contributed by atoms with E-state index in [-0.39, 0.29) is 0 Å². The van der Waals surface area contributed by atoms with Gasteiger partial charge >= 0.3 is 0 Å². The summed E-state index contributed by atoms with van der Waals surface area (Å²) >= 11 is 0. The SMILES string of the molecule is NNCCCc1ccc2c(c1)CCO2. The Kier molecular flexibility index (Phi) is 3.01. The molecule has 0 unspecified atom stereocenters. The molecule has 0 saturated carbocycles. The Hall–Kier alpha value is -1.06. The Morgan fingerprint density at radius 1 is 1.43 bits per heavy atom. The molecule has 0 fully saturated rings. The van der Waals surface area contributed by atoms with Crippen molar-refractivity contribution in [2.75, 3.05) is 13.2 Å². The summed E-state index contributed by atoms with van der Waals surface area (Å²) in [6.07, 6.45) is 3.21. The van der Waals surface area contributed by atoms with Crippen molar-refractivity contribution in [2.45, 2.75) is 19.3 Å². The van der Waals surface area contributed by atoms with E-state index in [1.807, 2.05) is 0 Å². The lowest BCUT2D eigenvalue weighted by atomic mass is 10.1. The summed E-state index contributed by atoms with van der Waals surface area (Å²) in [5.41, 5.74) is 5.39. The fourth-order valence-electron chi connectivity index (χ4n) is 1.79. The van der Waals surface area contributed by atoms with Crippen LogP contribution in [0.3, 0.4) is 0 Å². The number of hydrogen-bond acceptors (Lipinski definition) is 3. The minimum absolute atomic E-state index is 0.836. The highest BCUT2D eigenvalue weighted by atomic mass is 16.5. The van der Waals surface area contributed by atoms with Crippen molar-refractivity contribution in [3.8, 4) is 5.75 Å². The first-order chi connectivity index (χ1) is 6.90. The van der Waals surface area contributed by atoms with E-state index in [0.717, 1.165) is 38.2 Å². The van der Waals surface area contributed by atoms with Crippen LogP contribution in [0.2, 0.25) is 0 Å². The van der Waals surface area contributed by atoms with E-state index in [9.17, 15) is 0 Å². The molecular weight excluding hydrogens is 176 g/mol. The van der Waals surface area contributed by atoms with Crippen molar-refractivity contribution in [3.63, 3.8) is 0 Å². The van der Waals surface area contributed by atoms with E-state index in [1.54, 1.807) is 0 Å². The second kappa shape index (κ2) is 4.44. The zero-order valence-corrected chi connectivity index (χ0v) is 8.25. The van der Waals surface area contributed by atoms with Gasteiger partial charge in [0.05, 0.1) is 6.61 Å². The third-order valence-corrected chi connectivity index (χ3v) is 2.54. The lowest BCUT2D eigenvalue weighted by Gasteiger charge is -2.03. The van der Waals surface area contributed by atoms with Gasteiger partial charge in [-0.3, -0.25) is 11.3 Å². The number of hydrogen-bond donors (Lipinski definition) is 2.